The number of amides is 2. The second-order valence-electron chi connectivity index (χ2n) is 8.53. The molecular formula is C25H30ClN3O4. The van der Waals surface area contributed by atoms with Gasteiger partial charge in [0.05, 0.1) is 18.7 Å². The number of anilines is 2. The molecule has 2 aromatic rings. The van der Waals surface area contributed by atoms with Gasteiger partial charge < -0.3 is 24.6 Å². The number of piperidine rings is 1. The summed E-state index contributed by atoms with van der Waals surface area (Å²) in [6.45, 7) is 3.77. The Morgan fingerprint density at radius 2 is 1.94 bits per heavy atom. The minimum atomic E-state index is -0.438. The van der Waals surface area contributed by atoms with E-state index < -0.39 is 6.04 Å². The molecule has 8 heteroatoms. The topological polar surface area (TPSA) is 71.1 Å². The number of likely N-dealkylation sites (tertiary alicyclic amines) is 1. The second kappa shape index (κ2) is 10.3. The van der Waals surface area contributed by atoms with Gasteiger partial charge in [-0.2, -0.15) is 0 Å². The molecule has 176 valence electrons. The van der Waals surface area contributed by atoms with Crippen LogP contribution >= 0.6 is 11.6 Å². The lowest BCUT2D eigenvalue weighted by molar-refractivity contribution is -0.138. The molecule has 2 heterocycles. The molecule has 4 rings (SSSR count). The van der Waals surface area contributed by atoms with Crippen molar-refractivity contribution < 1.29 is 19.1 Å². The third kappa shape index (κ3) is 5.53. The third-order valence-electron chi connectivity index (χ3n) is 6.27. The first-order valence-corrected chi connectivity index (χ1v) is 11.8. The Labute approximate surface area is 199 Å². The van der Waals surface area contributed by atoms with Gasteiger partial charge >= 0.3 is 0 Å². The van der Waals surface area contributed by atoms with Crippen LogP contribution in [-0.2, 0) is 9.59 Å². The highest BCUT2D eigenvalue weighted by atomic mass is 35.5. The highest BCUT2D eigenvalue weighted by Crippen LogP contribution is 2.32. The number of hydrogen-bond acceptors (Lipinski definition) is 5. The third-order valence-corrected chi connectivity index (χ3v) is 6.56. The van der Waals surface area contributed by atoms with Crippen LogP contribution in [0.2, 0.25) is 5.02 Å². The number of carbonyl (C=O) groups is 2. The molecule has 2 atom stereocenters. The molecule has 1 N–H and O–H groups in total. The fourth-order valence-corrected chi connectivity index (χ4v) is 4.75. The minimum Gasteiger partial charge on any atom is -0.497 e. The predicted octanol–water partition coefficient (Wildman–Crippen LogP) is 4.35. The summed E-state index contributed by atoms with van der Waals surface area (Å²) in [7, 11) is 1.66. The summed E-state index contributed by atoms with van der Waals surface area (Å²) in [5, 5.41) is 3.35. The van der Waals surface area contributed by atoms with Gasteiger partial charge in [0, 0.05) is 43.9 Å². The maximum Gasteiger partial charge on any atom is 0.247 e. The monoisotopic (exact) mass is 471 g/mol. The molecule has 0 bridgehead atoms. The zero-order chi connectivity index (χ0) is 23.4. The van der Waals surface area contributed by atoms with E-state index >= 15 is 0 Å². The van der Waals surface area contributed by atoms with Gasteiger partial charge in [-0.25, -0.2) is 0 Å². The lowest BCUT2D eigenvalue weighted by atomic mass is 10.0. The number of rotatable bonds is 6. The van der Waals surface area contributed by atoms with Gasteiger partial charge in [-0.1, -0.05) is 17.7 Å². The standard InChI is InChI=1S/C25H30ClN3O4/c1-17(30)29-12-4-3-8-23(29)25(31)27-18-9-10-24(22(26)14-18)33-21-11-13-28(16-21)19-6-5-7-20(15-19)32-2/h5-7,9-10,14-15,21,23H,3-4,8,11-13,16H2,1-2H3,(H,27,31)/t21-,23+/m0/s1. The van der Waals surface area contributed by atoms with Gasteiger partial charge in [-0.3, -0.25) is 9.59 Å². The average Bonchev–Trinajstić information content (AvgIpc) is 3.29. The van der Waals surface area contributed by atoms with E-state index in [9.17, 15) is 9.59 Å². The summed E-state index contributed by atoms with van der Waals surface area (Å²) in [6, 6.07) is 12.8. The Morgan fingerprint density at radius 3 is 2.70 bits per heavy atom. The van der Waals surface area contributed by atoms with Gasteiger partial charge in [0.15, 0.2) is 0 Å². The van der Waals surface area contributed by atoms with Crippen molar-refractivity contribution >= 4 is 34.8 Å². The van der Waals surface area contributed by atoms with Crippen molar-refractivity contribution in [3.05, 3.63) is 47.5 Å². The van der Waals surface area contributed by atoms with Crippen LogP contribution in [0.5, 0.6) is 11.5 Å². The lowest BCUT2D eigenvalue weighted by Gasteiger charge is -2.33. The summed E-state index contributed by atoms with van der Waals surface area (Å²) in [6.07, 6.45) is 3.43. The van der Waals surface area contributed by atoms with Gasteiger partial charge in [-0.15, -0.1) is 0 Å². The molecule has 2 saturated heterocycles. The predicted molar refractivity (Wildman–Crippen MR) is 129 cm³/mol. The van der Waals surface area contributed by atoms with Crippen molar-refractivity contribution in [3.63, 3.8) is 0 Å². The number of hydrogen-bond donors (Lipinski definition) is 1. The number of nitrogens with zero attached hydrogens (tertiary/aromatic N) is 2. The molecule has 2 amide bonds. The highest BCUT2D eigenvalue weighted by Gasteiger charge is 2.30. The summed E-state index contributed by atoms with van der Waals surface area (Å²) >= 11 is 6.48. The fraction of sp³-hybridized carbons (Fsp3) is 0.440. The summed E-state index contributed by atoms with van der Waals surface area (Å²) in [5.41, 5.74) is 1.70. The second-order valence-corrected chi connectivity index (χ2v) is 8.94. The van der Waals surface area contributed by atoms with Gasteiger partial charge in [0.25, 0.3) is 0 Å². The van der Waals surface area contributed by atoms with Crippen molar-refractivity contribution in [2.24, 2.45) is 0 Å². The molecule has 2 aliphatic heterocycles. The Morgan fingerprint density at radius 1 is 1.09 bits per heavy atom. The molecule has 0 unspecified atom stereocenters. The molecule has 0 aromatic heterocycles. The summed E-state index contributed by atoms with van der Waals surface area (Å²) < 4.78 is 11.5. The largest absolute Gasteiger partial charge is 0.497 e. The van der Waals surface area contributed by atoms with E-state index in [0.29, 0.717) is 29.4 Å². The maximum atomic E-state index is 12.8. The van der Waals surface area contributed by atoms with Crippen LogP contribution in [0.3, 0.4) is 0 Å². The van der Waals surface area contributed by atoms with E-state index in [1.54, 1.807) is 30.2 Å². The molecule has 2 fully saturated rings. The van der Waals surface area contributed by atoms with Gasteiger partial charge in [-0.05, 0) is 49.6 Å². The number of benzene rings is 2. The number of nitrogens with one attached hydrogen (secondary N) is 1. The number of methoxy groups -OCH3 is 1. The zero-order valence-corrected chi connectivity index (χ0v) is 19.8. The van der Waals surface area contributed by atoms with E-state index in [2.05, 4.69) is 16.3 Å². The van der Waals surface area contributed by atoms with Gasteiger partial charge in [0.2, 0.25) is 11.8 Å². The molecule has 0 aliphatic carbocycles. The molecule has 0 saturated carbocycles. The first kappa shape index (κ1) is 23.2. The summed E-state index contributed by atoms with van der Waals surface area (Å²) in [4.78, 5) is 28.6. The molecule has 33 heavy (non-hydrogen) atoms. The molecule has 2 aliphatic rings. The van der Waals surface area contributed by atoms with Crippen LogP contribution in [-0.4, -0.2) is 55.6 Å². The highest BCUT2D eigenvalue weighted by molar-refractivity contribution is 6.32. The quantitative estimate of drug-likeness (QED) is 0.678. The van der Waals surface area contributed by atoms with Crippen molar-refractivity contribution in [1.82, 2.24) is 4.90 Å². The molecule has 0 spiro atoms. The molecule has 0 radical (unpaired) electrons. The zero-order valence-electron chi connectivity index (χ0n) is 19.1. The van der Waals surface area contributed by atoms with Gasteiger partial charge in [0.1, 0.15) is 23.6 Å². The Hall–Kier alpha value is -2.93. The molecular weight excluding hydrogens is 442 g/mol. The van der Waals surface area contributed by atoms with Crippen molar-refractivity contribution in [2.45, 2.75) is 44.8 Å². The van der Waals surface area contributed by atoms with E-state index in [4.69, 9.17) is 21.1 Å². The maximum absolute atomic E-state index is 12.8. The van der Waals surface area contributed by atoms with Crippen LogP contribution in [0.4, 0.5) is 11.4 Å². The molecule has 2 aromatic carbocycles. The number of carbonyl (C=O) groups excluding carboxylic acids is 2. The van der Waals surface area contributed by atoms with Crippen LogP contribution in [0, 0.1) is 0 Å². The first-order valence-electron chi connectivity index (χ1n) is 11.4. The van der Waals surface area contributed by atoms with Crippen LogP contribution in [0.1, 0.15) is 32.6 Å². The first-order chi connectivity index (χ1) is 15.9. The molecule has 7 nitrogen and oxygen atoms in total. The van der Waals surface area contributed by atoms with Crippen molar-refractivity contribution in [1.29, 1.82) is 0 Å². The normalized spacial score (nSPS) is 20.5. The van der Waals surface area contributed by atoms with Crippen LogP contribution < -0.4 is 19.7 Å². The Kier molecular flexibility index (Phi) is 7.28. The van der Waals surface area contributed by atoms with Crippen molar-refractivity contribution in [2.75, 3.05) is 37.0 Å². The lowest BCUT2D eigenvalue weighted by Crippen LogP contribution is -2.49. The number of ether oxygens (including phenoxy) is 2. The van der Waals surface area contributed by atoms with E-state index in [1.165, 1.54) is 6.92 Å². The Balaban J connectivity index is 1.36. The van der Waals surface area contributed by atoms with Crippen molar-refractivity contribution in [3.8, 4) is 11.5 Å². The van der Waals surface area contributed by atoms with E-state index in [1.807, 2.05) is 18.2 Å². The SMILES string of the molecule is COc1cccc(N2CC[C@H](Oc3ccc(NC(=O)[C@H]4CCCCN4C(C)=O)cc3Cl)C2)c1. The van der Waals surface area contributed by atoms with Crippen LogP contribution in [0.15, 0.2) is 42.5 Å². The smallest absolute Gasteiger partial charge is 0.247 e. The van der Waals surface area contributed by atoms with E-state index in [0.717, 1.165) is 43.8 Å². The Bertz CT molecular complexity index is 1010. The average molecular weight is 472 g/mol. The summed E-state index contributed by atoms with van der Waals surface area (Å²) in [5.74, 6) is 1.17. The number of halogens is 1. The minimum absolute atomic E-state index is 0.0144. The van der Waals surface area contributed by atoms with Crippen LogP contribution in [0.25, 0.3) is 0 Å². The van der Waals surface area contributed by atoms with E-state index in [-0.39, 0.29) is 17.9 Å². The fourth-order valence-electron chi connectivity index (χ4n) is 4.53.